The number of likely N-dealkylation sites (tertiary alicyclic amines) is 1. The zero-order valence-corrected chi connectivity index (χ0v) is 17.1. The van der Waals surface area contributed by atoms with E-state index in [0.29, 0.717) is 12.2 Å². The third-order valence-corrected chi connectivity index (χ3v) is 5.74. The fraction of sp³-hybridized carbons (Fsp3) is 0.700. The van der Waals surface area contributed by atoms with Crippen molar-refractivity contribution in [3.05, 3.63) is 28.7 Å². The Morgan fingerprint density at radius 2 is 1.68 bits per heavy atom. The van der Waals surface area contributed by atoms with Crippen LogP contribution < -0.4 is 4.74 Å². The zero-order chi connectivity index (χ0) is 17.6. The van der Waals surface area contributed by atoms with Crippen LogP contribution in [0.3, 0.4) is 0 Å². The van der Waals surface area contributed by atoms with Crippen molar-refractivity contribution in [2.45, 2.75) is 38.9 Å². The number of morpholine rings is 1. The van der Waals surface area contributed by atoms with E-state index in [1.54, 1.807) is 0 Å². The predicted molar refractivity (Wildman–Crippen MR) is 105 cm³/mol. The number of hydrogen-bond acceptors (Lipinski definition) is 4. The second-order valence-corrected chi connectivity index (χ2v) is 8.48. The lowest BCUT2D eigenvalue weighted by molar-refractivity contribution is -0.0732. The lowest BCUT2D eigenvalue weighted by atomic mass is 9.95. The Morgan fingerprint density at radius 3 is 2.32 bits per heavy atom. The van der Waals surface area contributed by atoms with E-state index in [2.05, 4.69) is 39.6 Å². The molecule has 0 aromatic heterocycles. The van der Waals surface area contributed by atoms with Gasteiger partial charge in [-0.2, -0.15) is 0 Å². The molecule has 2 unspecified atom stereocenters. The largest absolute Gasteiger partial charge is 0.492 e. The monoisotopic (exact) mass is 410 g/mol. The zero-order valence-electron chi connectivity index (χ0n) is 15.5. The Balaban J connectivity index is 1.32. The predicted octanol–water partition coefficient (Wildman–Crippen LogP) is 3.65. The van der Waals surface area contributed by atoms with Crippen molar-refractivity contribution in [2.75, 3.05) is 45.9 Å². The van der Waals surface area contributed by atoms with Crippen molar-refractivity contribution < 1.29 is 9.47 Å². The second kappa shape index (κ2) is 9.36. The van der Waals surface area contributed by atoms with Gasteiger partial charge in [-0.3, -0.25) is 9.80 Å². The van der Waals surface area contributed by atoms with Crippen LogP contribution in [0, 0.1) is 5.92 Å². The molecule has 0 saturated carbocycles. The van der Waals surface area contributed by atoms with Crippen molar-refractivity contribution in [1.82, 2.24) is 9.80 Å². The number of ether oxygens (including phenoxy) is 2. The molecule has 0 amide bonds. The Morgan fingerprint density at radius 1 is 1.04 bits per heavy atom. The number of halogens is 1. The standard InChI is InChI=1S/C20H31BrN2O2/c1-16-13-23(14-17(2)25-16)15-18-7-9-22(10-8-18)11-12-24-20-5-3-19(21)4-6-20/h3-6,16-18H,7-15H2,1-2H3. The number of hydrogen-bond donors (Lipinski definition) is 0. The van der Waals surface area contributed by atoms with Crippen LogP contribution in [0.15, 0.2) is 28.7 Å². The second-order valence-electron chi connectivity index (χ2n) is 7.56. The summed E-state index contributed by atoms with van der Waals surface area (Å²) in [5, 5.41) is 0. The van der Waals surface area contributed by atoms with Gasteiger partial charge in [-0.15, -0.1) is 0 Å². The fourth-order valence-corrected chi connectivity index (χ4v) is 4.28. The van der Waals surface area contributed by atoms with E-state index in [4.69, 9.17) is 9.47 Å². The Kier molecular flexibility index (Phi) is 7.17. The summed E-state index contributed by atoms with van der Waals surface area (Å²) in [6.07, 6.45) is 3.36. The number of rotatable bonds is 6. The molecule has 2 aliphatic heterocycles. The van der Waals surface area contributed by atoms with Crippen molar-refractivity contribution in [3.8, 4) is 5.75 Å². The maximum atomic E-state index is 5.85. The highest BCUT2D eigenvalue weighted by Gasteiger charge is 2.26. The lowest BCUT2D eigenvalue weighted by Gasteiger charge is -2.39. The van der Waals surface area contributed by atoms with Gasteiger partial charge >= 0.3 is 0 Å². The van der Waals surface area contributed by atoms with Gasteiger partial charge in [0.15, 0.2) is 0 Å². The molecule has 0 spiro atoms. The Labute approximate surface area is 160 Å². The van der Waals surface area contributed by atoms with E-state index in [0.717, 1.165) is 42.4 Å². The van der Waals surface area contributed by atoms with Crippen molar-refractivity contribution in [3.63, 3.8) is 0 Å². The molecule has 0 aliphatic carbocycles. The normalized spacial score (nSPS) is 26.7. The molecule has 1 aromatic rings. The quantitative estimate of drug-likeness (QED) is 0.714. The van der Waals surface area contributed by atoms with E-state index in [9.17, 15) is 0 Å². The third kappa shape index (κ3) is 6.24. The molecule has 2 aliphatic rings. The van der Waals surface area contributed by atoms with Gasteiger partial charge in [0.05, 0.1) is 12.2 Å². The molecule has 2 fully saturated rings. The maximum Gasteiger partial charge on any atom is 0.119 e. The summed E-state index contributed by atoms with van der Waals surface area (Å²) >= 11 is 3.45. The first-order chi connectivity index (χ1) is 12.1. The molecule has 25 heavy (non-hydrogen) atoms. The highest BCUT2D eigenvalue weighted by molar-refractivity contribution is 9.10. The first-order valence-electron chi connectivity index (χ1n) is 9.57. The molecule has 140 valence electrons. The summed E-state index contributed by atoms with van der Waals surface area (Å²) in [5.74, 6) is 1.79. The average Bonchev–Trinajstić information content (AvgIpc) is 2.57. The van der Waals surface area contributed by atoms with E-state index in [1.165, 1.54) is 32.5 Å². The minimum Gasteiger partial charge on any atom is -0.492 e. The van der Waals surface area contributed by atoms with Crippen LogP contribution in [0.25, 0.3) is 0 Å². The van der Waals surface area contributed by atoms with Crippen molar-refractivity contribution in [1.29, 1.82) is 0 Å². The molecule has 2 heterocycles. The van der Waals surface area contributed by atoms with Crippen LogP contribution in [0.1, 0.15) is 26.7 Å². The molecular formula is C20H31BrN2O2. The highest BCUT2D eigenvalue weighted by Crippen LogP contribution is 2.21. The van der Waals surface area contributed by atoms with Gasteiger partial charge in [-0.25, -0.2) is 0 Å². The summed E-state index contributed by atoms with van der Waals surface area (Å²) in [5.41, 5.74) is 0. The van der Waals surface area contributed by atoms with Gasteiger partial charge < -0.3 is 9.47 Å². The number of benzene rings is 1. The van der Waals surface area contributed by atoms with Gasteiger partial charge in [0.2, 0.25) is 0 Å². The molecule has 1 aromatic carbocycles. The van der Waals surface area contributed by atoms with Crippen LogP contribution in [0.4, 0.5) is 0 Å². The van der Waals surface area contributed by atoms with Gasteiger partial charge in [0, 0.05) is 30.7 Å². The SMILES string of the molecule is CC1CN(CC2CCN(CCOc3ccc(Br)cc3)CC2)CC(C)O1. The first-order valence-corrected chi connectivity index (χ1v) is 10.4. The molecule has 4 nitrogen and oxygen atoms in total. The minimum atomic E-state index is 0.375. The average molecular weight is 411 g/mol. The Hall–Kier alpha value is -0.620. The summed E-state index contributed by atoms with van der Waals surface area (Å²) in [7, 11) is 0. The van der Waals surface area contributed by atoms with Crippen LogP contribution in [0.5, 0.6) is 5.75 Å². The van der Waals surface area contributed by atoms with Gasteiger partial charge in [-0.1, -0.05) is 15.9 Å². The van der Waals surface area contributed by atoms with Gasteiger partial charge in [-0.05, 0) is 70.0 Å². The van der Waals surface area contributed by atoms with Crippen LogP contribution >= 0.6 is 15.9 Å². The number of piperidine rings is 1. The molecular weight excluding hydrogens is 380 g/mol. The summed E-state index contributed by atoms with van der Waals surface area (Å²) < 4.78 is 12.8. The van der Waals surface area contributed by atoms with Crippen molar-refractivity contribution in [2.24, 2.45) is 5.92 Å². The third-order valence-electron chi connectivity index (χ3n) is 5.21. The topological polar surface area (TPSA) is 24.9 Å². The summed E-state index contributed by atoms with van der Waals surface area (Å²) in [4.78, 5) is 5.15. The molecule has 2 atom stereocenters. The van der Waals surface area contributed by atoms with Gasteiger partial charge in [0.25, 0.3) is 0 Å². The molecule has 0 bridgehead atoms. The van der Waals surface area contributed by atoms with E-state index in [-0.39, 0.29) is 0 Å². The van der Waals surface area contributed by atoms with Crippen LogP contribution in [-0.4, -0.2) is 67.9 Å². The van der Waals surface area contributed by atoms with Crippen LogP contribution in [0.2, 0.25) is 0 Å². The summed E-state index contributed by atoms with van der Waals surface area (Å²) in [6.45, 7) is 12.0. The molecule has 3 rings (SSSR count). The molecule has 2 saturated heterocycles. The summed E-state index contributed by atoms with van der Waals surface area (Å²) in [6, 6.07) is 8.07. The highest BCUT2D eigenvalue weighted by atomic mass is 79.9. The van der Waals surface area contributed by atoms with Crippen LogP contribution in [-0.2, 0) is 4.74 Å². The maximum absolute atomic E-state index is 5.85. The van der Waals surface area contributed by atoms with E-state index >= 15 is 0 Å². The van der Waals surface area contributed by atoms with Gasteiger partial charge in [0.1, 0.15) is 12.4 Å². The Bertz CT molecular complexity index is 507. The minimum absolute atomic E-state index is 0.375. The van der Waals surface area contributed by atoms with Crippen molar-refractivity contribution >= 4 is 15.9 Å². The lowest BCUT2D eigenvalue weighted by Crippen LogP contribution is -2.48. The molecule has 0 N–H and O–H groups in total. The van der Waals surface area contributed by atoms with E-state index < -0.39 is 0 Å². The molecule has 5 heteroatoms. The molecule has 0 radical (unpaired) electrons. The first kappa shape index (κ1) is 19.2. The smallest absolute Gasteiger partial charge is 0.119 e. The fourth-order valence-electron chi connectivity index (χ4n) is 4.01. The number of nitrogens with zero attached hydrogens (tertiary/aromatic N) is 2. The van der Waals surface area contributed by atoms with E-state index in [1.807, 2.05) is 24.3 Å².